The third-order valence-corrected chi connectivity index (χ3v) is 10.4. The lowest BCUT2D eigenvalue weighted by molar-refractivity contribution is 0.157. The Labute approximate surface area is 287 Å². The van der Waals surface area contributed by atoms with Gasteiger partial charge in [0.25, 0.3) is 0 Å². The van der Waals surface area contributed by atoms with Crippen LogP contribution in [0.2, 0.25) is 0 Å². The molecule has 2 atom stereocenters. The van der Waals surface area contributed by atoms with E-state index in [1.165, 1.54) is 34.9 Å². The molecule has 0 aliphatic carbocycles. The molecule has 2 N–H and O–H groups in total. The smallest absolute Gasteiger partial charge is 0.231 e. The van der Waals surface area contributed by atoms with E-state index in [-0.39, 0.29) is 17.5 Å². The molecule has 10 nitrogen and oxygen atoms in total. The predicted molar refractivity (Wildman–Crippen MR) is 185 cm³/mol. The molecule has 0 radical (unpaired) electrons. The standard InChI is InChI=1S/C20H21NO4.C19H23NO4/c1-22-17-4-3-12-7-16-14-9-19-18(24-11-25-19)8-13(14)5-6-21(16)10-15(12)20(17)23-2;1-20-7-6-13-10-19(24-3)17(22)11-14(13)15(20)8-12-4-5-18(23-2)16(21)9-12/h3-4,8-9,16H,5-7,10-11H2,1-2H3;4-5,9-11,15,21-22H,6-8H2,1-3H3. The van der Waals surface area contributed by atoms with Crippen molar-refractivity contribution in [1.29, 1.82) is 0 Å². The summed E-state index contributed by atoms with van der Waals surface area (Å²) in [5, 5.41) is 20.1. The van der Waals surface area contributed by atoms with Crippen LogP contribution in [-0.2, 0) is 32.2 Å². The van der Waals surface area contributed by atoms with Gasteiger partial charge in [-0.2, -0.15) is 0 Å². The molecule has 10 heteroatoms. The Morgan fingerprint density at radius 3 is 2.14 bits per heavy atom. The molecule has 0 aromatic heterocycles. The molecular formula is C39H44N2O8. The molecule has 4 heterocycles. The van der Waals surface area contributed by atoms with E-state index < -0.39 is 0 Å². The number of benzene rings is 4. The van der Waals surface area contributed by atoms with Gasteiger partial charge in [-0.25, -0.2) is 0 Å². The maximum Gasteiger partial charge on any atom is 0.231 e. The van der Waals surface area contributed by atoms with Crippen LogP contribution < -0.4 is 28.4 Å². The normalized spacial score (nSPS) is 19.0. The Morgan fingerprint density at radius 1 is 0.714 bits per heavy atom. The van der Waals surface area contributed by atoms with Crippen molar-refractivity contribution in [2.45, 2.75) is 44.3 Å². The summed E-state index contributed by atoms with van der Waals surface area (Å²) in [5.41, 5.74) is 8.67. The number of nitrogens with zero attached hydrogens (tertiary/aromatic N) is 2. The van der Waals surface area contributed by atoms with Crippen LogP contribution in [0.5, 0.6) is 46.0 Å². The van der Waals surface area contributed by atoms with Gasteiger partial charge < -0.3 is 38.6 Å². The summed E-state index contributed by atoms with van der Waals surface area (Å²) in [4.78, 5) is 4.81. The summed E-state index contributed by atoms with van der Waals surface area (Å²) < 4.78 is 32.6. The van der Waals surface area contributed by atoms with E-state index in [9.17, 15) is 10.2 Å². The van der Waals surface area contributed by atoms with Crippen LogP contribution >= 0.6 is 0 Å². The number of likely N-dealkylation sites (N-methyl/N-ethyl adjacent to an activating group) is 1. The maximum absolute atomic E-state index is 10.1. The molecule has 0 spiro atoms. The van der Waals surface area contributed by atoms with E-state index in [0.29, 0.717) is 24.3 Å². The lowest BCUT2D eigenvalue weighted by atomic mass is 9.83. The first-order valence-electron chi connectivity index (χ1n) is 16.7. The molecule has 4 aliphatic heterocycles. The van der Waals surface area contributed by atoms with Crippen molar-refractivity contribution in [3.63, 3.8) is 0 Å². The average Bonchev–Trinajstić information content (AvgIpc) is 3.58. The van der Waals surface area contributed by atoms with Gasteiger partial charge in [0.1, 0.15) is 0 Å². The van der Waals surface area contributed by atoms with Crippen LogP contribution in [0.1, 0.15) is 51.0 Å². The van der Waals surface area contributed by atoms with Gasteiger partial charge in [0.15, 0.2) is 46.0 Å². The van der Waals surface area contributed by atoms with Crippen molar-refractivity contribution < 1.29 is 38.6 Å². The van der Waals surface area contributed by atoms with E-state index in [4.69, 9.17) is 28.4 Å². The first-order valence-corrected chi connectivity index (χ1v) is 16.7. The second-order valence-electron chi connectivity index (χ2n) is 13.0. The van der Waals surface area contributed by atoms with E-state index >= 15 is 0 Å². The maximum atomic E-state index is 10.1. The van der Waals surface area contributed by atoms with E-state index in [0.717, 1.165) is 79.4 Å². The number of hydrogen-bond donors (Lipinski definition) is 2. The Bertz CT molecular complexity index is 1860. The van der Waals surface area contributed by atoms with Crippen LogP contribution in [0.4, 0.5) is 0 Å². The van der Waals surface area contributed by atoms with Crippen LogP contribution in [0, 0.1) is 0 Å². The van der Waals surface area contributed by atoms with E-state index in [1.807, 2.05) is 18.2 Å². The molecule has 0 saturated carbocycles. The third kappa shape index (κ3) is 6.15. The summed E-state index contributed by atoms with van der Waals surface area (Å²) in [5.74, 6) is 4.72. The molecule has 2 unspecified atom stereocenters. The number of methoxy groups -OCH3 is 4. The molecule has 0 amide bonds. The number of hydrogen-bond acceptors (Lipinski definition) is 10. The second-order valence-corrected chi connectivity index (χ2v) is 13.0. The van der Waals surface area contributed by atoms with Crippen molar-refractivity contribution in [2.75, 3.05) is 55.4 Å². The van der Waals surface area contributed by atoms with Crippen LogP contribution in [0.3, 0.4) is 0 Å². The number of ether oxygens (including phenoxy) is 6. The first-order chi connectivity index (χ1) is 23.8. The van der Waals surface area contributed by atoms with Gasteiger partial charge in [0.05, 0.1) is 28.4 Å². The van der Waals surface area contributed by atoms with Crippen molar-refractivity contribution in [3.8, 4) is 46.0 Å². The third-order valence-electron chi connectivity index (χ3n) is 10.4. The van der Waals surface area contributed by atoms with Gasteiger partial charge in [0.2, 0.25) is 6.79 Å². The highest BCUT2D eigenvalue weighted by atomic mass is 16.7. The molecule has 0 bridgehead atoms. The monoisotopic (exact) mass is 668 g/mol. The van der Waals surface area contributed by atoms with E-state index in [2.05, 4.69) is 35.0 Å². The molecule has 0 fully saturated rings. The molecule has 0 saturated heterocycles. The fourth-order valence-electron chi connectivity index (χ4n) is 7.74. The van der Waals surface area contributed by atoms with Crippen LogP contribution in [0.15, 0.2) is 54.6 Å². The largest absolute Gasteiger partial charge is 0.504 e. The zero-order chi connectivity index (χ0) is 34.2. The minimum Gasteiger partial charge on any atom is -0.504 e. The number of fused-ring (bicyclic) bond motifs is 6. The minimum atomic E-state index is 0.137. The van der Waals surface area contributed by atoms with E-state index in [1.54, 1.807) is 39.5 Å². The SMILES string of the molecule is COc1ccc(CC2c3cc(O)c(OC)cc3CCN2C)cc1O.COc1ccc2c(c1OC)CN1CCc3cc4c(cc3C1C2)OCO4. The zero-order valence-electron chi connectivity index (χ0n) is 28.7. The highest BCUT2D eigenvalue weighted by Crippen LogP contribution is 2.47. The zero-order valence-corrected chi connectivity index (χ0v) is 28.7. The van der Waals surface area contributed by atoms with Crippen molar-refractivity contribution in [1.82, 2.24) is 9.80 Å². The quantitative estimate of drug-likeness (QED) is 0.255. The van der Waals surface area contributed by atoms with Crippen molar-refractivity contribution >= 4 is 0 Å². The van der Waals surface area contributed by atoms with Gasteiger partial charge in [-0.05, 0) is 109 Å². The minimum absolute atomic E-state index is 0.137. The molecule has 4 aromatic rings. The Kier molecular flexibility index (Phi) is 9.09. The number of phenols is 2. The number of rotatable bonds is 6. The molecule has 49 heavy (non-hydrogen) atoms. The van der Waals surface area contributed by atoms with Crippen molar-refractivity contribution in [3.05, 3.63) is 93.5 Å². The highest BCUT2D eigenvalue weighted by Gasteiger charge is 2.35. The summed E-state index contributed by atoms with van der Waals surface area (Å²) in [6.45, 7) is 3.19. The summed E-state index contributed by atoms with van der Waals surface area (Å²) in [6.07, 6.45) is 3.67. The second kappa shape index (κ2) is 13.6. The first kappa shape index (κ1) is 32.7. The van der Waals surface area contributed by atoms with Gasteiger partial charge >= 0.3 is 0 Å². The average molecular weight is 669 g/mol. The van der Waals surface area contributed by atoms with Gasteiger partial charge in [-0.1, -0.05) is 12.1 Å². The molecule has 258 valence electrons. The Balaban J connectivity index is 0.000000155. The lowest BCUT2D eigenvalue weighted by Gasteiger charge is -2.42. The topological polar surface area (TPSA) is 102 Å². The predicted octanol–water partition coefficient (Wildman–Crippen LogP) is 5.97. The van der Waals surface area contributed by atoms with Crippen LogP contribution in [0.25, 0.3) is 0 Å². The lowest BCUT2D eigenvalue weighted by Crippen LogP contribution is -2.39. The van der Waals surface area contributed by atoms with Gasteiger partial charge in [-0.15, -0.1) is 0 Å². The highest BCUT2D eigenvalue weighted by molar-refractivity contribution is 5.55. The molecular weight excluding hydrogens is 624 g/mol. The number of phenolic OH excluding ortho intramolecular Hbond substituents is 2. The fourth-order valence-corrected chi connectivity index (χ4v) is 7.74. The van der Waals surface area contributed by atoms with Gasteiger partial charge in [-0.3, -0.25) is 9.80 Å². The van der Waals surface area contributed by atoms with Gasteiger partial charge in [0, 0.05) is 37.3 Å². The fraction of sp³-hybridized carbons (Fsp3) is 0.385. The summed E-state index contributed by atoms with van der Waals surface area (Å²) in [7, 11) is 8.59. The molecule has 4 aliphatic rings. The molecule has 8 rings (SSSR count). The van der Waals surface area contributed by atoms with Crippen LogP contribution in [-0.4, -0.2) is 75.4 Å². The molecule has 4 aromatic carbocycles. The van der Waals surface area contributed by atoms with Crippen molar-refractivity contribution in [2.24, 2.45) is 0 Å². The number of aromatic hydroxyl groups is 2. The summed E-state index contributed by atoms with van der Waals surface area (Å²) >= 11 is 0. The Hall–Kier alpha value is -4.80. The Morgan fingerprint density at radius 2 is 1.41 bits per heavy atom. The summed E-state index contributed by atoms with van der Waals surface area (Å²) in [6, 6.07) is 18.3.